The van der Waals surface area contributed by atoms with Crippen molar-refractivity contribution in [1.82, 2.24) is 19.8 Å². The summed E-state index contributed by atoms with van der Waals surface area (Å²) in [6.45, 7) is 7.21. The van der Waals surface area contributed by atoms with Gasteiger partial charge in [-0.2, -0.15) is 5.26 Å². The Hall–Kier alpha value is -4.11. The van der Waals surface area contributed by atoms with Crippen molar-refractivity contribution in [1.29, 1.82) is 5.26 Å². The SMILES string of the molecule is CN(c1nc(-c2ccc(F)cc2)c(C#N)s1)c1ccnc2ccc(N3CCN(CC(=O)N4CC5(CCOCC5)C4)CC3)cc12. The first-order valence-corrected chi connectivity index (χ1v) is 15.9. The second kappa shape index (κ2) is 11.8. The molecular weight excluding hydrogens is 577 g/mol. The molecule has 3 aliphatic heterocycles. The Kier molecular flexibility index (Phi) is 7.66. The van der Waals surface area contributed by atoms with Gasteiger partial charge < -0.3 is 19.4 Å². The maximum atomic E-state index is 13.5. The molecule has 0 N–H and O–H groups in total. The highest BCUT2D eigenvalue weighted by molar-refractivity contribution is 7.16. The lowest BCUT2D eigenvalue weighted by Gasteiger charge is -2.52. The normalized spacial score (nSPS) is 18.3. The van der Waals surface area contributed by atoms with Gasteiger partial charge >= 0.3 is 0 Å². The minimum atomic E-state index is -0.330. The maximum Gasteiger partial charge on any atom is 0.236 e. The van der Waals surface area contributed by atoms with E-state index < -0.39 is 0 Å². The highest BCUT2D eigenvalue weighted by atomic mass is 32.1. The van der Waals surface area contributed by atoms with Gasteiger partial charge in [0.2, 0.25) is 5.91 Å². The summed E-state index contributed by atoms with van der Waals surface area (Å²) in [5, 5.41) is 11.5. The van der Waals surface area contributed by atoms with Crippen LogP contribution in [0.2, 0.25) is 0 Å². The monoisotopic (exact) mass is 611 g/mol. The zero-order chi connectivity index (χ0) is 30.3. The zero-order valence-electron chi connectivity index (χ0n) is 24.7. The maximum absolute atomic E-state index is 13.5. The number of fused-ring (bicyclic) bond motifs is 1. The Bertz CT molecular complexity index is 1710. The highest BCUT2D eigenvalue weighted by Crippen LogP contribution is 2.40. The lowest BCUT2D eigenvalue weighted by molar-refractivity contribution is -0.151. The third kappa shape index (κ3) is 5.49. The lowest BCUT2D eigenvalue weighted by atomic mass is 9.73. The molecule has 2 aromatic heterocycles. The number of benzene rings is 2. The number of amides is 1. The Morgan fingerprint density at radius 3 is 2.57 bits per heavy atom. The number of rotatable bonds is 6. The van der Waals surface area contributed by atoms with Gasteiger partial charge in [-0.1, -0.05) is 11.3 Å². The van der Waals surface area contributed by atoms with Crippen molar-refractivity contribution in [3.63, 3.8) is 0 Å². The number of nitrogens with zero attached hydrogens (tertiary/aromatic N) is 7. The molecule has 0 atom stereocenters. The van der Waals surface area contributed by atoms with Crippen molar-refractivity contribution in [3.05, 3.63) is 65.4 Å². The van der Waals surface area contributed by atoms with Crippen LogP contribution in [0.5, 0.6) is 0 Å². The quantitative estimate of drug-likeness (QED) is 0.304. The van der Waals surface area contributed by atoms with E-state index in [0.717, 1.165) is 87.6 Å². The lowest BCUT2D eigenvalue weighted by Crippen LogP contribution is -2.62. The Morgan fingerprint density at radius 2 is 1.84 bits per heavy atom. The van der Waals surface area contributed by atoms with Gasteiger partial charge in [-0.25, -0.2) is 9.37 Å². The minimum absolute atomic E-state index is 0.240. The summed E-state index contributed by atoms with van der Waals surface area (Å²) < 4.78 is 19.0. The van der Waals surface area contributed by atoms with Crippen LogP contribution in [0.15, 0.2) is 54.7 Å². The molecule has 0 radical (unpaired) electrons. The molecule has 1 amide bonds. The first kappa shape index (κ1) is 28.6. The van der Waals surface area contributed by atoms with E-state index in [1.807, 2.05) is 29.0 Å². The molecule has 3 saturated heterocycles. The van der Waals surface area contributed by atoms with Crippen molar-refractivity contribution in [3.8, 4) is 17.3 Å². The Balaban J connectivity index is 1.04. The molecule has 3 aliphatic rings. The van der Waals surface area contributed by atoms with Crippen molar-refractivity contribution in [2.24, 2.45) is 5.41 Å². The van der Waals surface area contributed by atoms with Crippen LogP contribution in [0.3, 0.4) is 0 Å². The number of thiazole rings is 1. The average Bonchev–Trinajstić information content (AvgIpc) is 3.48. The minimum Gasteiger partial charge on any atom is -0.381 e. The summed E-state index contributed by atoms with van der Waals surface area (Å²) in [6, 6.07) is 16.6. The number of pyridine rings is 1. The number of anilines is 3. The molecule has 2 aromatic carbocycles. The van der Waals surface area contributed by atoms with E-state index in [1.165, 1.54) is 23.5 Å². The summed E-state index contributed by atoms with van der Waals surface area (Å²) in [5.41, 5.74) is 4.46. The van der Waals surface area contributed by atoms with Crippen molar-refractivity contribution < 1.29 is 13.9 Å². The van der Waals surface area contributed by atoms with Gasteiger partial charge in [-0.3, -0.25) is 14.7 Å². The largest absolute Gasteiger partial charge is 0.381 e. The molecule has 226 valence electrons. The molecule has 0 saturated carbocycles. The fraction of sp³-hybridized carbons (Fsp3) is 0.394. The van der Waals surface area contributed by atoms with E-state index in [2.05, 4.69) is 33.0 Å². The smallest absolute Gasteiger partial charge is 0.236 e. The predicted molar refractivity (Wildman–Crippen MR) is 170 cm³/mol. The number of carbonyl (C=O) groups excluding carboxylic acids is 1. The van der Waals surface area contributed by atoms with Crippen LogP contribution in [-0.2, 0) is 9.53 Å². The second-order valence-corrected chi connectivity index (χ2v) is 13.0. The van der Waals surface area contributed by atoms with Gasteiger partial charge in [0.25, 0.3) is 0 Å². The third-order valence-corrected chi connectivity index (χ3v) is 10.3. The summed E-state index contributed by atoms with van der Waals surface area (Å²) in [4.78, 5) is 31.5. The summed E-state index contributed by atoms with van der Waals surface area (Å²) >= 11 is 1.31. The van der Waals surface area contributed by atoms with Gasteiger partial charge in [-0.05, 0) is 61.4 Å². The second-order valence-electron chi connectivity index (χ2n) is 12.0. The topological polar surface area (TPSA) is 88.8 Å². The number of carbonyl (C=O) groups is 1. The summed E-state index contributed by atoms with van der Waals surface area (Å²) in [6.07, 6.45) is 3.91. The number of hydrogen-bond donors (Lipinski definition) is 0. The standard InChI is InChI=1S/C33H34FN7O2S/c1-38(32-37-31(29(19-35)44-32)23-2-4-24(34)5-3-23)28-8-11-36-27-7-6-25(18-26(27)28)40-14-12-39(13-15-40)20-30(42)41-21-33(22-41)9-16-43-17-10-33/h2-8,11,18H,9-10,12-17,20-22H2,1H3. The van der Waals surface area contributed by atoms with Gasteiger partial charge in [0.15, 0.2) is 5.13 Å². The van der Waals surface area contributed by atoms with Crippen LogP contribution in [0.4, 0.5) is 20.9 Å². The van der Waals surface area contributed by atoms with E-state index in [9.17, 15) is 14.4 Å². The summed E-state index contributed by atoms with van der Waals surface area (Å²) in [5.74, 6) is -0.0894. The molecule has 44 heavy (non-hydrogen) atoms. The first-order chi connectivity index (χ1) is 21.4. The molecule has 4 aromatic rings. The van der Waals surface area contributed by atoms with Crippen LogP contribution in [0.1, 0.15) is 17.7 Å². The van der Waals surface area contributed by atoms with Crippen molar-refractivity contribution in [2.45, 2.75) is 12.8 Å². The predicted octanol–water partition coefficient (Wildman–Crippen LogP) is 4.90. The number of likely N-dealkylation sites (tertiary alicyclic amines) is 1. The average molecular weight is 612 g/mol. The van der Waals surface area contributed by atoms with E-state index in [1.54, 1.807) is 18.3 Å². The Morgan fingerprint density at radius 1 is 1.09 bits per heavy atom. The first-order valence-electron chi connectivity index (χ1n) is 15.0. The molecule has 7 rings (SSSR count). The third-order valence-electron chi connectivity index (χ3n) is 9.24. The molecule has 0 aliphatic carbocycles. The Labute approximate surface area is 260 Å². The molecule has 0 unspecified atom stereocenters. The van der Waals surface area contributed by atoms with Crippen molar-refractivity contribution in [2.75, 3.05) is 75.9 Å². The van der Waals surface area contributed by atoms with E-state index in [-0.39, 0.29) is 11.7 Å². The van der Waals surface area contributed by atoms with Gasteiger partial charge in [0, 0.05) is 87.8 Å². The van der Waals surface area contributed by atoms with E-state index in [4.69, 9.17) is 9.72 Å². The molecule has 9 nitrogen and oxygen atoms in total. The van der Waals surface area contributed by atoms with E-state index >= 15 is 0 Å². The molecular formula is C33H34FN7O2S. The number of halogens is 1. The van der Waals surface area contributed by atoms with Gasteiger partial charge in [-0.15, -0.1) is 0 Å². The van der Waals surface area contributed by atoms with Crippen LogP contribution in [-0.4, -0.2) is 91.7 Å². The van der Waals surface area contributed by atoms with Crippen LogP contribution >= 0.6 is 11.3 Å². The fourth-order valence-corrected chi connectivity index (χ4v) is 7.42. The number of piperazine rings is 1. The fourth-order valence-electron chi connectivity index (χ4n) is 6.56. The van der Waals surface area contributed by atoms with Gasteiger partial charge in [0.05, 0.1) is 17.7 Å². The van der Waals surface area contributed by atoms with E-state index in [0.29, 0.717) is 33.2 Å². The molecule has 5 heterocycles. The summed E-state index contributed by atoms with van der Waals surface area (Å²) in [7, 11) is 1.94. The molecule has 11 heteroatoms. The molecule has 0 bridgehead atoms. The zero-order valence-corrected chi connectivity index (χ0v) is 25.5. The number of aromatic nitrogens is 2. The van der Waals surface area contributed by atoms with Gasteiger partial charge in [0.1, 0.15) is 22.5 Å². The molecule has 1 spiro atoms. The van der Waals surface area contributed by atoms with Crippen LogP contribution < -0.4 is 9.80 Å². The molecule has 3 fully saturated rings. The number of ether oxygens (including phenoxy) is 1. The highest BCUT2D eigenvalue weighted by Gasteiger charge is 2.45. The number of nitriles is 1. The number of hydrogen-bond acceptors (Lipinski definition) is 9. The van der Waals surface area contributed by atoms with Crippen LogP contribution in [0, 0.1) is 22.6 Å². The van der Waals surface area contributed by atoms with Crippen molar-refractivity contribution >= 4 is 44.7 Å². The van der Waals surface area contributed by atoms with Crippen LogP contribution in [0.25, 0.3) is 22.2 Å².